The molecule has 0 aliphatic rings. The van der Waals surface area contributed by atoms with Gasteiger partial charge in [-0.1, -0.05) is 19.1 Å². The van der Waals surface area contributed by atoms with Gasteiger partial charge in [0.25, 0.3) is 5.69 Å². The maximum absolute atomic E-state index is 10.6. The van der Waals surface area contributed by atoms with Crippen LogP contribution in [0.1, 0.15) is 18.9 Å². The summed E-state index contributed by atoms with van der Waals surface area (Å²) < 4.78 is 0. The number of rotatable bonds is 6. The number of nitro benzene ring substituents is 1. The molecule has 0 saturated carbocycles. The van der Waals surface area contributed by atoms with Crippen molar-refractivity contribution in [2.45, 2.75) is 25.1 Å². The first-order chi connectivity index (χ1) is 7.63. The molecule has 0 fully saturated rings. The Bertz CT molecular complexity index is 358. The lowest BCUT2D eigenvalue weighted by atomic mass is 10.2. The molecule has 1 aromatic rings. The van der Waals surface area contributed by atoms with E-state index < -0.39 is 0 Å². The van der Waals surface area contributed by atoms with Gasteiger partial charge in [-0.05, 0) is 12.0 Å². The summed E-state index contributed by atoms with van der Waals surface area (Å²) in [6, 6.07) is 6.95. The second-order valence-electron chi connectivity index (χ2n) is 3.61. The molecule has 0 heterocycles. The fourth-order valence-electron chi connectivity index (χ4n) is 1.21. The molecular formula is C11H16N2O2S. The number of benzene rings is 1. The molecule has 16 heavy (non-hydrogen) atoms. The zero-order valence-electron chi connectivity index (χ0n) is 9.26. The molecule has 0 radical (unpaired) electrons. The Hall–Kier alpha value is -1.07. The molecule has 5 heteroatoms. The summed E-state index contributed by atoms with van der Waals surface area (Å²) in [6.07, 6.45) is 0.960. The predicted molar refractivity (Wildman–Crippen MR) is 67.5 cm³/mol. The van der Waals surface area contributed by atoms with Gasteiger partial charge in [0.1, 0.15) is 0 Å². The minimum absolute atomic E-state index is 0.151. The topological polar surface area (TPSA) is 69.2 Å². The van der Waals surface area contributed by atoms with E-state index in [0.29, 0.717) is 0 Å². The van der Waals surface area contributed by atoms with E-state index >= 15 is 0 Å². The van der Waals surface area contributed by atoms with Crippen molar-refractivity contribution in [1.82, 2.24) is 0 Å². The molecule has 0 aliphatic heterocycles. The predicted octanol–water partition coefficient (Wildman–Crippen LogP) is 2.57. The van der Waals surface area contributed by atoms with Crippen LogP contribution >= 0.6 is 11.8 Å². The SMILES string of the molecule is CCC(N)CSCc1cccc([N+](=O)[O-])c1. The van der Waals surface area contributed by atoms with Gasteiger partial charge in [-0.25, -0.2) is 0 Å². The fraction of sp³-hybridized carbons (Fsp3) is 0.455. The summed E-state index contributed by atoms with van der Waals surface area (Å²) >= 11 is 1.71. The van der Waals surface area contributed by atoms with Crippen molar-refractivity contribution in [1.29, 1.82) is 0 Å². The molecule has 4 nitrogen and oxygen atoms in total. The molecule has 0 amide bonds. The molecule has 0 aromatic heterocycles. The highest BCUT2D eigenvalue weighted by atomic mass is 32.2. The molecular weight excluding hydrogens is 224 g/mol. The van der Waals surface area contributed by atoms with Gasteiger partial charge in [0, 0.05) is 29.7 Å². The number of hydrogen-bond acceptors (Lipinski definition) is 4. The van der Waals surface area contributed by atoms with Crippen LogP contribution in [0.2, 0.25) is 0 Å². The van der Waals surface area contributed by atoms with Gasteiger partial charge in [-0.2, -0.15) is 11.8 Å². The normalized spacial score (nSPS) is 12.4. The highest BCUT2D eigenvalue weighted by Gasteiger charge is 2.06. The Morgan fingerprint density at radius 1 is 1.56 bits per heavy atom. The smallest absolute Gasteiger partial charge is 0.269 e. The van der Waals surface area contributed by atoms with E-state index in [1.807, 2.05) is 6.07 Å². The average molecular weight is 240 g/mol. The van der Waals surface area contributed by atoms with Crippen molar-refractivity contribution in [3.05, 3.63) is 39.9 Å². The lowest BCUT2D eigenvalue weighted by molar-refractivity contribution is -0.384. The minimum Gasteiger partial charge on any atom is -0.327 e. The van der Waals surface area contributed by atoms with Crippen LogP contribution in [0.15, 0.2) is 24.3 Å². The van der Waals surface area contributed by atoms with E-state index in [4.69, 9.17) is 5.73 Å². The van der Waals surface area contributed by atoms with Crippen LogP contribution in [0.5, 0.6) is 0 Å². The highest BCUT2D eigenvalue weighted by Crippen LogP contribution is 2.18. The van der Waals surface area contributed by atoms with Gasteiger partial charge >= 0.3 is 0 Å². The van der Waals surface area contributed by atoms with Gasteiger partial charge in [-0.15, -0.1) is 0 Å². The molecule has 0 saturated heterocycles. The number of non-ortho nitro benzene ring substituents is 1. The maximum Gasteiger partial charge on any atom is 0.269 e. The van der Waals surface area contributed by atoms with Crippen LogP contribution in [0.4, 0.5) is 5.69 Å². The molecule has 0 bridgehead atoms. The maximum atomic E-state index is 10.6. The summed E-state index contributed by atoms with van der Waals surface area (Å²) in [4.78, 5) is 10.2. The lowest BCUT2D eigenvalue weighted by Gasteiger charge is -2.07. The van der Waals surface area contributed by atoms with Crippen LogP contribution in [-0.2, 0) is 5.75 Å². The van der Waals surface area contributed by atoms with Crippen molar-refractivity contribution < 1.29 is 4.92 Å². The molecule has 0 spiro atoms. The number of nitrogens with two attached hydrogens (primary N) is 1. The van der Waals surface area contributed by atoms with Crippen LogP contribution in [0.3, 0.4) is 0 Å². The van der Waals surface area contributed by atoms with Crippen LogP contribution in [0.25, 0.3) is 0 Å². The standard InChI is InChI=1S/C11H16N2O2S/c1-2-10(12)8-16-7-9-4-3-5-11(6-9)13(14)15/h3-6,10H,2,7-8,12H2,1H3. The Balaban J connectivity index is 2.48. The third kappa shape index (κ3) is 4.20. The molecule has 88 valence electrons. The second kappa shape index (κ2) is 6.50. The monoisotopic (exact) mass is 240 g/mol. The van der Waals surface area contributed by atoms with E-state index in [9.17, 15) is 10.1 Å². The Kier molecular flexibility index (Phi) is 5.28. The van der Waals surface area contributed by atoms with Crippen molar-refractivity contribution in [2.24, 2.45) is 5.73 Å². The molecule has 0 aliphatic carbocycles. The molecule has 1 rings (SSSR count). The van der Waals surface area contributed by atoms with Crippen molar-refractivity contribution >= 4 is 17.4 Å². The highest BCUT2D eigenvalue weighted by molar-refractivity contribution is 7.98. The lowest BCUT2D eigenvalue weighted by Crippen LogP contribution is -2.21. The second-order valence-corrected chi connectivity index (χ2v) is 4.64. The minimum atomic E-state index is -0.369. The van der Waals surface area contributed by atoms with Gasteiger partial charge in [-0.3, -0.25) is 10.1 Å². The van der Waals surface area contributed by atoms with E-state index in [1.54, 1.807) is 23.9 Å². The summed E-state index contributed by atoms with van der Waals surface area (Å²) in [6.45, 7) is 2.05. The van der Waals surface area contributed by atoms with Crippen molar-refractivity contribution in [3.63, 3.8) is 0 Å². The number of hydrogen-bond donors (Lipinski definition) is 1. The van der Waals surface area contributed by atoms with E-state index in [0.717, 1.165) is 23.5 Å². The van der Waals surface area contributed by atoms with Gasteiger partial charge in [0.2, 0.25) is 0 Å². The van der Waals surface area contributed by atoms with Crippen LogP contribution in [-0.4, -0.2) is 16.7 Å². The fourth-order valence-corrected chi connectivity index (χ4v) is 2.28. The third-order valence-corrected chi connectivity index (χ3v) is 3.45. The number of nitro groups is 1. The Morgan fingerprint density at radius 2 is 2.31 bits per heavy atom. The van der Waals surface area contributed by atoms with Crippen molar-refractivity contribution in [3.8, 4) is 0 Å². The summed E-state index contributed by atoms with van der Waals surface area (Å²) in [5.74, 6) is 1.66. The Labute approximate surface area is 99.4 Å². The number of nitrogens with zero attached hydrogens (tertiary/aromatic N) is 1. The van der Waals surface area contributed by atoms with Crippen molar-refractivity contribution in [2.75, 3.05) is 5.75 Å². The first-order valence-corrected chi connectivity index (χ1v) is 6.35. The van der Waals surface area contributed by atoms with Crippen LogP contribution in [0, 0.1) is 10.1 Å². The number of thioether (sulfide) groups is 1. The third-order valence-electron chi connectivity index (χ3n) is 2.25. The zero-order chi connectivity index (χ0) is 12.0. The Morgan fingerprint density at radius 3 is 2.94 bits per heavy atom. The van der Waals surface area contributed by atoms with E-state index in [-0.39, 0.29) is 16.7 Å². The first-order valence-electron chi connectivity index (χ1n) is 5.20. The zero-order valence-corrected chi connectivity index (χ0v) is 10.1. The van der Waals surface area contributed by atoms with E-state index in [1.165, 1.54) is 6.07 Å². The van der Waals surface area contributed by atoms with Gasteiger partial charge in [0.05, 0.1) is 4.92 Å². The summed E-state index contributed by atoms with van der Waals surface area (Å²) in [5, 5.41) is 10.6. The van der Waals surface area contributed by atoms with Gasteiger partial charge in [0.15, 0.2) is 0 Å². The largest absolute Gasteiger partial charge is 0.327 e. The summed E-state index contributed by atoms with van der Waals surface area (Å²) in [7, 11) is 0. The quantitative estimate of drug-likeness (QED) is 0.613. The molecule has 2 N–H and O–H groups in total. The summed E-state index contributed by atoms with van der Waals surface area (Å²) in [5.41, 5.74) is 6.91. The molecule has 1 unspecified atom stereocenters. The van der Waals surface area contributed by atoms with E-state index in [2.05, 4.69) is 6.92 Å². The van der Waals surface area contributed by atoms with Gasteiger partial charge < -0.3 is 5.73 Å². The van der Waals surface area contributed by atoms with Crippen LogP contribution < -0.4 is 5.73 Å². The molecule has 1 atom stereocenters. The first kappa shape index (κ1) is 13.0. The molecule has 1 aromatic carbocycles. The average Bonchev–Trinajstić information content (AvgIpc) is 2.29.